The van der Waals surface area contributed by atoms with E-state index in [1.807, 2.05) is 18.2 Å². The minimum absolute atomic E-state index is 0.0998. The van der Waals surface area contributed by atoms with E-state index in [0.717, 1.165) is 10.4 Å². The number of rotatable bonds is 4. The van der Waals surface area contributed by atoms with E-state index in [9.17, 15) is 13.2 Å². The normalized spacial score (nSPS) is 16.4. The van der Waals surface area contributed by atoms with Gasteiger partial charge in [-0.15, -0.1) is 11.3 Å². The van der Waals surface area contributed by atoms with Crippen LogP contribution in [0, 0.1) is 0 Å². The van der Waals surface area contributed by atoms with Crippen molar-refractivity contribution in [3.8, 4) is 5.75 Å². The third kappa shape index (κ3) is 3.19. The summed E-state index contributed by atoms with van der Waals surface area (Å²) in [6, 6.07) is 13.5. The van der Waals surface area contributed by atoms with Crippen molar-refractivity contribution >= 4 is 44.4 Å². The third-order valence-electron chi connectivity index (χ3n) is 4.70. The number of sulfone groups is 1. The van der Waals surface area contributed by atoms with Gasteiger partial charge in [0.05, 0.1) is 17.7 Å². The number of amides is 1. The number of anilines is 1. The summed E-state index contributed by atoms with van der Waals surface area (Å²) >= 11 is 7.65. The number of hydrogen-bond donors (Lipinski definition) is 1. The maximum atomic E-state index is 13.2. The molecule has 1 aliphatic heterocycles. The number of carbonyl (C=O) groups excluding carboxylic acids is 1. The molecule has 2 heterocycles. The molecule has 0 fully saturated rings. The van der Waals surface area contributed by atoms with Gasteiger partial charge < -0.3 is 10.1 Å². The second-order valence-corrected chi connectivity index (χ2v) is 9.58. The Morgan fingerprint density at radius 1 is 1.14 bits per heavy atom. The number of hydrogen-bond acceptors (Lipinski definition) is 5. The minimum atomic E-state index is -3.79. The van der Waals surface area contributed by atoms with Crippen molar-refractivity contribution in [2.24, 2.45) is 0 Å². The van der Waals surface area contributed by atoms with Crippen molar-refractivity contribution in [1.82, 2.24) is 0 Å². The largest absolute Gasteiger partial charge is 0.497 e. The van der Waals surface area contributed by atoms with Gasteiger partial charge in [0.25, 0.3) is 0 Å². The predicted molar refractivity (Wildman–Crippen MR) is 109 cm³/mol. The van der Waals surface area contributed by atoms with Gasteiger partial charge in [0.15, 0.2) is 0 Å². The van der Waals surface area contributed by atoms with E-state index in [-0.39, 0.29) is 28.0 Å². The van der Waals surface area contributed by atoms with Crippen LogP contribution in [0.1, 0.15) is 22.8 Å². The molecule has 0 unspecified atom stereocenters. The Balaban J connectivity index is 1.82. The summed E-state index contributed by atoms with van der Waals surface area (Å²) in [6.07, 6.45) is 0.221. The molecule has 3 aromatic rings. The van der Waals surface area contributed by atoms with Crippen LogP contribution in [0.3, 0.4) is 0 Å². The van der Waals surface area contributed by atoms with Gasteiger partial charge in [-0.3, -0.25) is 4.79 Å². The lowest BCUT2D eigenvalue weighted by Crippen LogP contribution is -2.23. The van der Waals surface area contributed by atoms with Crippen LogP contribution >= 0.6 is 22.9 Å². The van der Waals surface area contributed by atoms with Crippen LogP contribution in [-0.4, -0.2) is 21.4 Å². The molecule has 0 spiro atoms. The molecule has 1 amide bonds. The maximum Gasteiger partial charge on any atom is 0.225 e. The van der Waals surface area contributed by atoms with Gasteiger partial charge in [-0.1, -0.05) is 29.8 Å². The standard InChI is InChI=1S/C20H16ClNO4S2/c1-26-12-6-8-13(9-7-12)28(24,25)17-11-27-20-15(10-18(23)22-19(17)20)14-4-2-3-5-16(14)21/h2-9,11,15H,10H2,1H3,(H,22,23)/t15-/m1/s1. The first kappa shape index (κ1) is 19.0. The summed E-state index contributed by atoms with van der Waals surface area (Å²) in [4.78, 5) is 13.4. The minimum Gasteiger partial charge on any atom is -0.497 e. The molecule has 1 aromatic heterocycles. The van der Waals surface area contributed by atoms with Crippen LogP contribution in [0.25, 0.3) is 0 Å². The fourth-order valence-corrected chi connectivity index (χ4v) is 6.46. The summed E-state index contributed by atoms with van der Waals surface area (Å²) < 4.78 is 31.4. The molecule has 5 nitrogen and oxygen atoms in total. The lowest BCUT2D eigenvalue weighted by Gasteiger charge is -2.24. The number of ether oxygens (including phenoxy) is 1. The smallest absolute Gasteiger partial charge is 0.225 e. The third-order valence-corrected chi connectivity index (χ3v) is 8.08. The molecule has 1 N–H and O–H groups in total. The fraction of sp³-hybridized carbons (Fsp3) is 0.150. The Morgan fingerprint density at radius 2 is 1.86 bits per heavy atom. The van der Waals surface area contributed by atoms with Crippen molar-refractivity contribution < 1.29 is 17.9 Å². The van der Waals surface area contributed by atoms with Crippen molar-refractivity contribution in [2.75, 3.05) is 12.4 Å². The Labute approximate surface area is 171 Å². The van der Waals surface area contributed by atoms with E-state index < -0.39 is 9.84 Å². The maximum absolute atomic E-state index is 13.2. The lowest BCUT2D eigenvalue weighted by atomic mass is 9.90. The number of benzene rings is 2. The fourth-order valence-electron chi connectivity index (χ4n) is 3.29. The molecule has 0 radical (unpaired) electrons. The molecule has 0 saturated carbocycles. The van der Waals surface area contributed by atoms with Crippen molar-refractivity contribution in [3.63, 3.8) is 0 Å². The van der Waals surface area contributed by atoms with E-state index in [0.29, 0.717) is 16.5 Å². The molecule has 28 heavy (non-hydrogen) atoms. The quantitative estimate of drug-likeness (QED) is 0.646. The van der Waals surface area contributed by atoms with E-state index in [1.54, 1.807) is 23.6 Å². The number of halogens is 1. The summed E-state index contributed by atoms with van der Waals surface area (Å²) in [5, 5.41) is 4.89. The van der Waals surface area contributed by atoms with Gasteiger partial charge in [0, 0.05) is 27.6 Å². The Bertz CT molecular complexity index is 1150. The summed E-state index contributed by atoms with van der Waals surface area (Å²) in [5.74, 6) is 0.0580. The molecular formula is C20H16ClNO4S2. The molecular weight excluding hydrogens is 418 g/mol. The molecule has 0 bridgehead atoms. The number of methoxy groups -OCH3 is 1. The molecule has 144 valence electrons. The number of carbonyl (C=O) groups is 1. The van der Waals surface area contributed by atoms with E-state index in [1.165, 1.54) is 30.6 Å². The number of thiophene rings is 1. The van der Waals surface area contributed by atoms with Crippen molar-refractivity contribution in [1.29, 1.82) is 0 Å². The highest BCUT2D eigenvalue weighted by Gasteiger charge is 2.35. The lowest BCUT2D eigenvalue weighted by molar-refractivity contribution is -0.116. The summed E-state index contributed by atoms with van der Waals surface area (Å²) in [5.41, 5.74) is 1.16. The zero-order valence-corrected chi connectivity index (χ0v) is 17.2. The van der Waals surface area contributed by atoms with Gasteiger partial charge in [-0.2, -0.15) is 0 Å². The van der Waals surface area contributed by atoms with Crippen LogP contribution in [0.2, 0.25) is 5.02 Å². The van der Waals surface area contributed by atoms with Gasteiger partial charge in [-0.25, -0.2) is 8.42 Å². The van der Waals surface area contributed by atoms with Gasteiger partial charge in [0.2, 0.25) is 15.7 Å². The van der Waals surface area contributed by atoms with Crippen LogP contribution in [0.5, 0.6) is 5.75 Å². The first-order valence-corrected chi connectivity index (χ1v) is 11.2. The molecule has 2 aromatic carbocycles. The van der Waals surface area contributed by atoms with Gasteiger partial charge >= 0.3 is 0 Å². The Hall–Kier alpha value is -2.35. The zero-order chi connectivity index (χ0) is 19.9. The highest BCUT2D eigenvalue weighted by molar-refractivity contribution is 7.91. The van der Waals surface area contributed by atoms with Gasteiger partial charge in [-0.05, 0) is 35.9 Å². The van der Waals surface area contributed by atoms with Crippen molar-refractivity contribution in [2.45, 2.75) is 22.1 Å². The monoisotopic (exact) mass is 433 g/mol. The molecule has 4 rings (SSSR count). The van der Waals surface area contributed by atoms with Gasteiger partial charge in [0.1, 0.15) is 10.6 Å². The average Bonchev–Trinajstić information content (AvgIpc) is 3.12. The highest BCUT2D eigenvalue weighted by Crippen LogP contribution is 2.47. The molecule has 1 aliphatic rings. The van der Waals surface area contributed by atoms with Crippen LogP contribution in [0.15, 0.2) is 63.7 Å². The number of nitrogens with one attached hydrogen (secondary N) is 1. The topological polar surface area (TPSA) is 72.5 Å². The van der Waals surface area contributed by atoms with Crippen molar-refractivity contribution in [3.05, 3.63) is 69.4 Å². The number of fused-ring (bicyclic) bond motifs is 1. The second-order valence-electron chi connectivity index (χ2n) is 6.34. The van der Waals surface area contributed by atoms with Crippen LogP contribution in [0.4, 0.5) is 5.69 Å². The molecule has 1 atom stereocenters. The van der Waals surface area contributed by atoms with E-state index >= 15 is 0 Å². The summed E-state index contributed by atoms with van der Waals surface area (Å²) in [7, 11) is -2.28. The van der Waals surface area contributed by atoms with E-state index in [4.69, 9.17) is 16.3 Å². The highest BCUT2D eigenvalue weighted by atomic mass is 35.5. The molecule has 0 aliphatic carbocycles. The SMILES string of the molecule is COc1ccc(S(=O)(=O)c2csc3c2NC(=O)C[C@@H]3c2ccccc2Cl)cc1. The second kappa shape index (κ2) is 7.24. The molecule has 8 heteroatoms. The first-order chi connectivity index (χ1) is 13.4. The first-order valence-electron chi connectivity index (χ1n) is 8.46. The van der Waals surface area contributed by atoms with Crippen LogP contribution in [-0.2, 0) is 14.6 Å². The van der Waals surface area contributed by atoms with E-state index in [2.05, 4.69) is 5.32 Å². The predicted octanol–water partition coefficient (Wildman–Crippen LogP) is 4.72. The average molecular weight is 434 g/mol. The van der Waals surface area contributed by atoms with Crippen LogP contribution < -0.4 is 10.1 Å². The molecule has 0 saturated heterocycles. The Kier molecular flexibility index (Phi) is 4.91. The summed E-state index contributed by atoms with van der Waals surface area (Å²) in [6.45, 7) is 0. The zero-order valence-electron chi connectivity index (χ0n) is 14.8. The Morgan fingerprint density at radius 3 is 2.54 bits per heavy atom.